The maximum Gasteiger partial charge on any atom is 0.310 e. The van der Waals surface area contributed by atoms with Crippen molar-refractivity contribution in [3.8, 4) is 0 Å². The molecule has 1 fully saturated rings. The summed E-state index contributed by atoms with van der Waals surface area (Å²) in [7, 11) is 0. The van der Waals surface area contributed by atoms with Gasteiger partial charge < -0.3 is 5.11 Å². The maximum atomic E-state index is 10.8. The molecule has 1 atom stereocenters. The lowest BCUT2D eigenvalue weighted by molar-refractivity contribution is -0.138. The lowest BCUT2D eigenvalue weighted by Crippen LogP contribution is -2.07. The molecule has 80 valence electrons. The molecule has 0 amide bonds. The third-order valence-electron chi connectivity index (χ3n) is 2.91. The zero-order valence-electron chi connectivity index (χ0n) is 8.53. The van der Waals surface area contributed by atoms with E-state index < -0.39 is 11.9 Å². The molecule has 0 saturated heterocycles. The predicted molar refractivity (Wildman–Crippen MR) is 62.2 cm³/mol. The number of carboxylic acid groups (broad SMARTS) is 1. The van der Waals surface area contributed by atoms with E-state index in [9.17, 15) is 4.79 Å². The second kappa shape index (κ2) is 3.97. The zero-order valence-corrected chi connectivity index (χ0v) is 10.1. The summed E-state index contributed by atoms with van der Waals surface area (Å²) in [5.74, 6) is -0.524. The van der Waals surface area contributed by atoms with Gasteiger partial charge in [-0.2, -0.15) is 0 Å². The summed E-state index contributed by atoms with van der Waals surface area (Å²) in [6, 6.07) is 5.92. The van der Waals surface area contributed by atoms with Gasteiger partial charge in [0.25, 0.3) is 0 Å². The third-order valence-corrected chi connectivity index (χ3v) is 3.60. The minimum atomic E-state index is -0.777. The number of carbonyl (C=O) groups is 1. The van der Waals surface area contributed by atoms with E-state index in [1.165, 1.54) is 18.4 Å². The van der Waals surface area contributed by atoms with Crippen LogP contribution in [0.25, 0.3) is 0 Å². The summed E-state index contributed by atoms with van der Waals surface area (Å²) in [6.07, 6.45) is 2.51. The van der Waals surface area contributed by atoms with E-state index >= 15 is 0 Å². The van der Waals surface area contributed by atoms with Gasteiger partial charge in [0.05, 0.1) is 5.92 Å². The summed E-state index contributed by atoms with van der Waals surface area (Å²) >= 11 is 3.51. The van der Waals surface area contributed by atoms with E-state index in [4.69, 9.17) is 5.11 Å². The van der Waals surface area contributed by atoms with Gasteiger partial charge in [0.2, 0.25) is 0 Å². The van der Waals surface area contributed by atoms with Crippen LogP contribution in [0, 0.1) is 0 Å². The van der Waals surface area contributed by atoms with Gasteiger partial charge in [0.15, 0.2) is 0 Å². The third kappa shape index (κ3) is 2.23. The monoisotopic (exact) mass is 268 g/mol. The highest BCUT2D eigenvalue weighted by Gasteiger charge is 2.26. The van der Waals surface area contributed by atoms with Gasteiger partial charge in [0.1, 0.15) is 0 Å². The van der Waals surface area contributed by atoms with Crippen molar-refractivity contribution in [2.75, 3.05) is 0 Å². The molecule has 0 spiro atoms. The van der Waals surface area contributed by atoms with Crippen LogP contribution in [0.5, 0.6) is 0 Å². The van der Waals surface area contributed by atoms with E-state index in [0.29, 0.717) is 5.92 Å². The number of benzene rings is 1. The van der Waals surface area contributed by atoms with Crippen molar-refractivity contribution >= 4 is 21.9 Å². The molecule has 1 N–H and O–H groups in total. The van der Waals surface area contributed by atoms with Crippen LogP contribution in [0.15, 0.2) is 22.7 Å². The van der Waals surface area contributed by atoms with Gasteiger partial charge in [-0.1, -0.05) is 28.1 Å². The van der Waals surface area contributed by atoms with Crippen molar-refractivity contribution in [2.24, 2.45) is 0 Å². The molecule has 2 nitrogen and oxygen atoms in total. The Bertz CT molecular complexity index is 397. The first kappa shape index (κ1) is 10.7. The standard InChI is InChI=1S/C12H13BrO2/c1-7(12(14)15)9-4-5-10(8-2-3-8)11(13)6-9/h4-8H,2-3H2,1H3,(H,14,15). The Labute approximate surface area is 97.4 Å². The highest BCUT2D eigenvalue weighted by atomic mass is 79.9. The van der Waals surface area contributed by atoms with Crippen molar-refractivity contribution < 1.29 is 9.90 Å². The second-order valence-electron chi connectivity index (χ2n) is 4.12. The van der Waals surface area contributed by atoms with Crippen molar-refractivity contribution in [2.45, 2.75) is 31.6 Å². The van der Waals surface area contributed by atoms with Crippen LogP contribution >= 0.6 is 15.9 Å². The van der Waals surface area contributed by atoms with Crippen molar-refractivity contribution in [1.82, 2.24) is 0 Å². The zero-order chi connectivity index (χ0) is 11.0. The first-order valence-corrected chi connectivity index (χ1v) is 5.91. The lowest BCUT2D eigenvalue weighted by Gasteiger charge is -2.09. The molecule has 0 radical (unpaired) electrons. The fraction of sp³-hybridized carbons (Fsp3) is 0.417. The van der Waals surface area contributed by atoms with Crippen LogP contribution in [0.3, 0.4) is 0 Å². The topological polar surface area (TPSA) is 37.3 Å². The first-order valence-electron chi connectivity index (χ1n) is 5.11. The van der Waals surface area contributed by atoms with Crippen molar-refractivity contribution in [3.05, 3.63) is 33.8 Å². The van der Waals surface area contributed by atoms with Gasteiger partial charge in [-0.15, -0.1) is 0 Å². The van der Waals surface area contributed by atoms with Crippen LogP contribution in [0.2, 0.25) is 0 Å². The van der Waals surface area contributed by atoms with Gasteiger partial charge >= 0.3 is 5.97 Å². The fourth-order valence-corrected chi connectivity index (χ4v) is 2.40. The predicted octanol–water partition coefficient (Wildman–Crippen LogP) is 3.51. The minimum absolute atomic E-state index is 0.436. The molecule has 0 heterocycles. The SMILES string of the molecule is CC(C(=O)O)c1ccc(C2CC2)c(Br)c1. The van der Waals surface area contributed by atoms with Crippen LogP contribution in [-0.2, 0) is 4.79 Å². The molecule has 1 aliphatic rings. The van der Waals surface area contributed by atoms with Crippen LogP contribution in [0.1, 0.15) is 42.7 Å². The molecule has 2 rings (SSSR count). The van der Waals surface area contributed by atoms with E-state index in [2.05, 4.69) is 22.0 Å². The van der Waals surface area contributed by atoms with Crippen LogP contribution in [-0.4, -0.2) is 11.1 Å². The van der Waals surface area contributed by atoms with Crippen LogP contribution < -0.4 is 0 Å². The van der Waals surface area contributed by atoms with Gasteiger partial charge in [-0.3, -0.25) is 4.79 Å². The summed E-state index contributed by atoms with van der Waals surface area (Å²) < 4.78 is 1.05. The molecule has 1 aromatic carbocycles. The Hall–Kier alpha value is -0.830. The quantitative estimate of drug-likeness (QED) is 0.911. The normalized spacial score (nSPS) is 17.5. The highest BCUT2D eigenvalue weighted by Crippen LogP contribution is 2.43. The van der Waals surface area contributed by atoms with E-state index in [1.807, 2.05) is 12.1 Å². The molecule has 1 aromatic rings. The van der Waals surface area contributed by atoms with Gasteiger partial charge in [-0.05, 0) is 42.9 Å². The molecule has 0 aliphatic heterocycles. The number of carboxylic acids is 1. The summed E-state index contributed by atoms with van der Waals surface area (Å²) in [5, 5.41) is 8.90. The molecule has 1 unspecified atom stereocenters. The molecular weight excluding hydrogens is 256 g/mol. The highest BCUT2D eigenvalue weighted by molar-refractivity contribution is 9.10. The molecule has 3 heteroatoms. The number of rotatable bonds is 3. The summed E-state index contributed by atoms with van der Waals surface area (Å²) in [6.45, 7) is 1.71. The summed E-state index contributed by atoms with van der Waals surface area (Å²) in [5.41, 5.74) is 2.18. The van der Waals surface area contributed by atoms with Gasteiger partial charge in [0, 0.05) is 4.47 Å². The Morgan fingerprint density at radius 2 is 2.20 bits per heavy atom. The first-order chi connectivity index (χ1) is 7.09. The Morgan fingerprint density at radius 3 is 2.67 bits per heavy atom. The molecular formula is C12H13BrO2. The van der Waals surface area contributed by atoms with E-state index in [1.54, 1.807) is 6.92 Å². The fourth-order valence-electron chi connectivity index (χ4n) is 1.68. The number of hydrogen-bond donors (Lipinski definition) is 1. The largest absolute Gasteiger partial charge is 0.481 e. The average molecular weight is 269 g/mol. The molecule has 15 heavy (non-hydrogen) atoms. The molecule has 0 aromatic heterocycles. The summed E-state index contributed by atoms with van der Waals surface area (Å²) in [4.78, 5) is 10.8. The number of aliphatic carboxylic acids is 1. The molecule has 1 saturated carbocycles. The molecule has 0 bridgehead atoms. The van der Waals surface area contributed by atoms with Crippen LogP contribution in [0.4, 0.5) is 0 Å². The molecule has 1 aliphatic carbocycles. The Balaban J connectivity index is 2.28. The van der Waals surface area contributed by atoms with E-state index in [0.717, 1.165) is 10.0 Å². The van der Waals surface area contributed by atoms with Gasteiger partial charge in [-0.25, -0.2) is 0 Å². The number of hydrogen-bond acceptors (Lipinski definition) is 1. The maximum absolute atomic E-state index is 10.8. The average Bonchev–Trinajstić information content (AvgIpc) is 3.00. The smallest absolute Gasteiger partial charge is 0.310 e. The van der Waals surface area contributed by atoms with Crippen molar-refractivity contribution in [1.29, 1.82) is 0 Å². The second-order valence-corrected chi connectivity index (χ2v) is 4.97. The lowest BCUT2D eigenvalue weighted by atomic mass is 9.99. The number of halogens is 1. The Kier molecular flexibility index (Phi) is 2.83. The minimum Gasteiger partial charge on any atom is -0.481 e. The van der Waals surface area contributed by atoms with Crippen molar-refractivity contribution in [3.63, 3.8) is 0 Å². The Morgan fingerprint density at radius 1 is 1.53 bits per heavy atom. The van der Waals surface area contributed by atoms with E-state index in [-0.39, 0.29) is 0 Å².